The molecule has 244 valence electrons. The van der Waals surface area contributed by atoms with Gasteiger partial charge in [0.25, 0.3) is 0 Å². The number of aromatic carboxylic acids is 1. The molecule has 0 amide bonds. The Bertz CT molecular complexity index is 1690. The molecule has 0 aromatic heterocycles. The van der Waals surface area contributed by atoms with Crippen molar-refractivity contribution in [1.82, 2.24) is 0 Å². The summed E-state index contributed by atoms with van der Waals surface area (Å²) in [4.78, 5) is 25.6. The zero-order valence-corrected chi connectivity index (χ0v) is 27.9. The average Bonchev–Trinajstić information content (AvgIpc) is 2.98. The maximum absolute atomic E-state index is 13.6. The first-order valence-electron chi connectivity index (χ1n) is 14.6. The molecule has 0 unspecified atom stereocenters. The third-order valence-corrected chi connectivity index (χ3v) is 9.95. The van der Waals surface area contributed by atoms with E-state index >= 15 is 0 Å². The minimum Gasteiger partial charge on any atom is -0.496 e. The highest BCUT2D eigenvalue weighted by atomic mass is 32.2. The Hall–Kier alpha value is -4.12. The third-order valence-electron chi connectivity index (χ3n) is 8.13. The highest BCUT2D eigenvalue weighted by Gasteiger charge is 2.29. The molecule has 0 fully saturated rings. The van der Waals surface area contributed by atoms with Gasteiger partial charge in [-0.15, -0.1) is 0 Å². The Morgan fingerprint density at radius 3 is 1.82 bits per heavy atom. The fourth-order valence-corrected chi connectivity index (χ4v) is 6.79. The second kappa shape index (κ2) is 14.8. The Kier molecular flexibility index (Phi) is 11.6. The van der Waals surface area contributed by atoms with Crippen LogP contribution in [0.25, 0.3) is 0 Å². The van der Waals surface area contributed by atoms with E-state index in [0.717, 1.165) is 24.1 Å². The van der Waals surface area contributed by atoms with Crippen molar-refractivity contribution in [3.8, 4) is 23.0 Å². The normalized spacial score (nSPS) is 11.3. The van der Waals surface area contributed by atoms with Gasteiger partial charge in [-0.05, 0) is 95.3 Å². The topological polar surface area (TPSA) is 125 Å². The molecule has 0 aliphatic rings. The van der Waals surface area contributed by atoms with Crippen molar-refractivity contribution in [2.45, 2.75) is 72.1 Å². The molecular formula is C34H41FO9S. The van der Waals surface area contributed by atoms with Crippen LogP contribution in [0.2, 0.25) is 0 Å². The van der Waals surface area contributed by atoms with Crippen LogP contribution in [-0.2, 0) is 9.84 Å². The fourth-order valence-electron chi connectivity index (χ4n) is 5.42. The number of hydrogen-bond donors (Lipinski definition) is 1. The van der Waals surface area contributed by atoms with Crippen LogP contribution >= 0.6 is 0 Å². The fraction of sp³-hybridized carbons (Fsp3) is 0.412. The molecule has 0 aliphatic carbocycles. The lowest BCUT2D eigenvalue weighted by Crippen LogP contribution is -2.18. The number of hydrogen-bond acceptors (Lipinski definition) is 8. The number of carboxylic acid groups (broad SMARTS) is 1. The molecular weight excluding hydrogens is 603 g/mol. The van der Waals surface area contributed by atoms with E-state index in [0.29, 0.717) is 65.2 Å². The van der Waals surface area contributed by atoms with Crippen molar-refractivity contribution in [1.29, 1.82) is 0 Å². The van der Waals surface area contributed by atoms with Crippen molar-refractivity contribution >= 4 is 21.8 Å². The van der Waals surface area contributed by atoms with Gasteiger partial charge in [0.15, 0.2) is 21.3 Å². The standard InChI is InChI=1S/C34H41FO9S/c1-19-20(2)28(33(36)37)30(41-7)23(5)27(19)34(38)44-32-22(4)21(3)29(24(6)31(32)42-8)43-17-11-9-10-12-18-45(39,40)26-15-13-25(35)14-16-26/h13-16H,9-12,17-18H2,1-8H3,(H,36,37). The molecule has 9 nitrogen and oxygen atoms in total. The summed E-state index contributed by atoms with van der Waals surface area (Å²) in [6, 6.07) is 4.85. The Morgan fingerprint density at radius 1 is 0.689 bits per heavy atom. The van der Waals surface area contributed by atoms with Gasteiger partial charge >= 0.3 is 11.9 Å². The number of ether oxygens (including phenoxy) is 4. The zero-order chi connectivity index (χ0) is 33.6. The molecule has 0 radical (unpaired) electrons. The third kappa shape index (κ3) is 7.58. The second-order valence-electron chi connectivity index (χ2n) is 11.0. The molecule has 11 heteroatoms. The molecule has 0 heterocycles. The first-order chi connectivity index (χ1) is 21.2. The SMILES string of the molecule is COc1c(C)c(OCCCCCCS(=O)(=O)c2ccc(F)cc2)c(C)c(C)c1OC(=O)c1c(C)c(C)c(C(=O)O)c(OC)c1C. The number of unbranched alkanes of at least 4 members (excludes halogenated alkanes) is 3. The quantitative estimate of drug-likeness (QED) is 0.0853. The molecule has 3 aromatic rings. The minimum atomic E-state index is -3.46. The van der Waals surface area contributed by atoms with E-state index in [1.165, 1.54) is 26.4 Å². The first-order valence-corrected chi connectivity index (χ1v) is 16.2. The molecule has 0 saturated heterocycles. The van der Waals surface area contributed by atoms with Crippen LogP contribution in [0.15, 0.2) is 29.2 Å². The van der Waals surface area contributed by atoms with E-state index in [4.69, 9.17) is 18.9 Å². The van der Waals surface area contributed by atoms with Gasteiger partial charge in [0.2, 0.25) is 0 Å². The minimum absolute atomic E-state index is 0.000956. The summed E-state index contributed by atoms with van der Waals surface area (Å²) < 4.78 is 61.1. The molecule has 3 rings (SSSR count). The van der Waals surface area contributed by atoms with Gasteiger partial charge in [-0.25, -0.2) is 22.4 Å². The Balaban J connectivity index is 1.71. The molecule has 45 heavy (non-hydrogen) atoms. The van der Waals surface area contributed by atoms with Crippen LogP contribution in [0.1, 0.15) is 79.8 Å². The van der Waals surface area contributed by atoms with E-state index in [2.05, 4.69) is 0 Å². The molecule has 0 aliphatic heterocycles. The maximum Gasteiger partial charge on any atom is 0.344 e. The largest absolute Gasteiger partial charge is 0.496 e. The van der Waals surface area contributed by atoms with E-state index < -0.39 is 27.6 Å². The smallest absolute Gasteiger partial charge is 0.344 e. The highest BCUT2D eigenvalue weighted by Crippen LogP contribution is 2.44. The molecule has 0 spiro atoms. The summed E-state index contributed by atoms with van der Waals surface area (Å²) in [5, 5.41) is 9.72. The van der Waals surface area contributed by atoms with E-state index in [1.54, 1.807) is 27.7 Å². The molecule has 0 saturated carbocycles. The van der Waals surface area contributed by atoms with Crippen molar-refractivity contribution in [2.24, 2.45) is 0 Å². The van der Waals surface area contributed by atoms with Crippen LogP contribution in [0.3, 0.4) is 0 Å². The summed E-state index contributed by atoms with van der Waals surface area (Å²) >= 11 is 0. The maximum atomic E-state index is 13.6. The van der Waals surface area contributed by atoms with Crippen molar-refractivity contribution in [3.05, 3.63) is 74.6 Å². The van der Waals surface area contributed by atoms with Gasteiger partial charge in [0.1, 0.15) is 22.9 Å². The molecule has 0 atom stereocenters. The van der Waals surface area contributed by atoms with Crippen LogP contribution in [0.5, 0.6) is 23.0 Å². The van der Waals surface area contributed by atoms with Gasteiger partial charge in [-0.3, -0.25) is 0 Å². The highest BCUT2D eigenvalue weighted by molar-refractivity contribution is 7.91. The first kappa shape index (κ1) is 35.4. The zero-order valence-electron chi connectivity index (χ0n) is 27.1. The van der Waals surface area contributed by atoms with Crippen molar-refractivity contribution in [3.63, 3.8) is 0 Å². The second-order valence-corrected chi connectivity index (χ2v) is 13.1. The number of halogens is 1. The number of carboxylic acids is 1. The predicted octanol–water partition coefficient (Wildman–Crippen LogP) is 7.02. The molecule has 3 aromatic carbocycles. The number of esters is 1. The predicted molar refractivity (Wildman–Crippen MR) is 169 cm³/mol. The Labute approximate surface area is 264 Å². The lowest BCUT2D eigenvalue weighted by molar-refractivity contribution is 0.0685. The number of rotatable bonds is 14. The lowest BCUT2D eigenvalue weighted by Gasteiger charge is -2.22. The van der Waals surface area contributed by atoms with Crippen LogP contribution in [-0.4, -0.2) is 52.0 Å². The monoisotopic (exact) mass is 644 g/mol. The summed E-state index contributed by atoms with van der Waals surface area (Å²) in [6.45, 7) is 10.8. The number of benzene rings is 3. The van der Waals surface area contributed by atoms with Crippen LogP contribution in [0.4, 0.5) is 4.39 Å². The summed E-state index contributed by atoms with van der Waals surface area (Å²) in [5.74, 6) is -1.01. The molecule has 1 N–H and O–H groups in total. The average molecular weight is 645 g/mol. The van der Waals surface area contributed by atoms with E-state index in [9.17, 15) is 27.5 Å². The van der Waals surface area contributed by atoms with Gasteiger partial charge in [0, 0.05) is 16.7 Å². The summed E-state index contributed by atoms with van der Waals surface area (Å²) in [5.41, 5.74) is 3.54. The number of carbonyl (C=O) groups is 2. The Morgan fingerprint density at radius 2 is 1.24 bits per heavy atom. The van der Waals surface area contributed by atoms with Crippen LogP contribution < -0.4 is 18.9 Å². The summed E-state index contributed by atoms with van der Waals surface area (Å²) in [6.07, 6.45) is 2.62. The molecule has 0 bridgehead atoms. The van der Waals surface area contributed by atoms with Gasteiger partial charge in [0.05, 0.1) is 37.0 Å². The van der Waals surface area contributed by atoms with Gasteiger partial charge < -0.3 is 24.1 Å². The van der Waals surface area contributed by atoms with Gasteiger partial charge in [-0.2, -0.15) is 0 Å². The van der Waals surface area contributed by atoms with Crippen LogP contribution in [0, 0.1) is 47.4 Å². The van der Waals surface area contributed by atoms with Gasteiger partial charge in [-0.1, -0.05) is 12.8 Å². The van der Waals surface area contributed by atoms with Crippen molar-refractivity contribution < 1.29 is 46.5 Å². The summed E-state index contributed by atoms with van der Waals surface area (Å²) in [7, 11) is -0.626. The van der Waals surface area contributed by atoms with E-state index in [1.807, 2.05) is 13.8 Å². The number of sulfone groups is 1. The van der Waals surface area contributed by atoms with E-state index in [-0.39, 0.29) is 33.3 Å². The van der Waals surface area contributed by atoms with Crippen molar-refractivity contribution in [2.75, 3.05) is 26.6 Å². The number of carbonyl (C=O) groups excluding carboxylic acids is 1. The lowest BCUT2D eigenvalue weighted by atomic mass is 9.92. The number of methoxy groups -OCH3 is 2.